The summed E-state index contributed by atoms with van der Waals surface area (Å²) >= 11 is 8.82. The Balaban J connectivity index is 2.36. The maximum atomic E-state index is 13.5. The van der Waals surface area contributed by atoms with Crippen molar-refractivity contribution < 1.29 is 13.5 Å². The second-order valence-corrected chi connectivity index (χ2v) is 4.74. The minimum Gasteiger partial charge on any atom is -0.457 e. The monoisotopic (exact) mass is 332 g/mol. The van der Waals surface area contributed by atoms with Gasteiger partial charge in [0, 0.05) is 16.1 Å². The van der Waals surface area contributed by atoms with Gasteiger partial charge in [-0.05, 0) is 24.3 Å². The molecule has 0 atom stereocenters. The number of halogens is 4. The summed E-state index contributed by atoms with van der Waals surface area (Å²) in [5.74, 6) is -0.346. The molecule has 2 aromatic rings. The number of hydrogen-bond acceptors (Lipinski definition) is 1. The molecule has 0 aliphatic rings. The summed E-state index contributed by atoms with van der Waals surface area (Å²) in [6, 6.07) is 8.50. The highest BCUT2D eigenvalue weighted by Crippen LogP contribution is 2.30. The van der Waals surface area contributed by atoms with Crippen LogP contribution >= 0.6 is 27.5 Å². The molecule has 0 spiro atoms. The largest absolute Gasteiger partial charge is 0.457 e. The van der Waals surface area contributed by atoms with Crippen LogP contribution in [0.3, 0.4) is 0 Å². The first-order valence-electron chi connectivity index (χ1n) is 5.07. The van der Waals surface area contributed by atoms with Gasteiger partial charge in [-0.15, -0.1) is 11.6 Å². The van der Waals surface area contributed by atoms with Crippen LogP contribution in [0, 0.1) is 11.6 Å². The molecule has 2 rings (SSSR count). The third-order valence-electron chi connectivity index (χ3n) is 2.27. The van der Waals surface area contributed by atoms with Gasteiger partial charge < -0.3 is 4.74 Å². The second-order valence-electron chi connectivity index (χ2n) is 3.56. The Bertz CT molecular complexity index is 555. The van der Waals surface area contributed by atoms with Gasteiger partial charge in [-0.2, -0.15) is 0 Å². The fourth-order valence-electron chi connectivity index (χ4n) is 1.48. The summed E-state index contributed by atoms with van der Waals surface area (Å²) < 4.78 is 32.6. The SMILES string of the molecule is Fc1cc(Br)cc(Oc2cccc(F)c2CCl)c1. The Labute approximate surface area is 116 Å². The topological polar surface area (TPSA) is 9.23 Å². The van der Waals surface area contributed by atoms with Crippen molar-refractivity contribution in [1.29, 1.82) is 0 Å². The smallest absolute Gasteiger partial charge is 0.134 e. The van der Waals surface area contributed by atoms with Crippen LogP contribution in [0.4, 0.5) is 8.78 Å². The van der Waals surface area contributed by atoms with Gasteiger partial charge in [0.2, 0.25) is 0 Å². The molecule has 0 saturated carbocycles. The lowest BCUT2D eigenvalue weighted by molar-refractivity contribution is 0.465. The van der Waals surface area contributed by atoms with Gasteiger partial charge >= 0.3 is 0 Å². The first kappa shape index (κ1) is 13.3. The minimum atomic E-state index is -0.446. The highest BCUT2D eigenvalue weighted by Gasteiger charge is 2.10. The van der Waals surface area contributed by atoms with E-state index >= 15 is 0 Å². The first-order chi connectivity index (χ1) is 8.60. The summed E-state index contributed by atoms with van der Waals surface area (Å²) in [5.41, 5.74) is 0.250. The van der Waals surface area contributed by atoms with Crippen molar-refractivity contribution in [2.75, 3.05) is 0 Å². The summed E-state index contributed by atoms with van der Waals surface area (Å²) in [6.45, 7) is 0. The number of rotatable bonds is 3. The summed E-state index contributed by atoms with van der Waals surface area (Å²) in [4.78, 5) is 0. The fourth-order valence-corrected chi connectivity index (χ4v) is 2.18. The molecular weight excluding hydrogens is 325 g/mol. The molecule has 18 heavy (non-hydrogen) atoms. The maximum Gasteiger partial charge on any atom is 0.134 e. The van der Waals surface area contributed by atoms with E-state index in [1.54, 1.807) is 12.1 Å². The van der Waals surface area contributed by atoms with E-state index in [0.717, 1.165) is 0 Å². The van der Waals surface area contributed by atoms with E-state index in [0.29, 0.717) is 4.47 Å². The molecule has 0 amide bonds. The van der Waals surface area contributed by atoms with E-state index in [-0.39, 0.29) is 22.9 Å². The molecule has 5 heteroatoms. The molecule has 1 nitrogen and oxygen atoms in total. The third kappa shape index (κ3) is 3.00. The lowest BCUT2D eigenvalue weighted by atomic mass is 10.2. The van der Waals surface area contributed by atoms with Gasteiger partial charge in [-0.3, -0.25) is 0 Å². The van der Waals surface area contributed by atoms with Crippen LogP contribution in [0.1, 0.15) is 5.56 Å². The summed E-state index contributed by atoms with van der Waals surface area (Å²) in [5, 5.41) is 0. The molecule has 0 radical (unpaired) electrons. The minimum absolute atomic E-state index is 0.0154. The van der Waals surface area contributed by atoms with Gasteiger partial charge in [0.25, 0.3) is 0 Å². The van der Waals surface area contributed by atoms with Gasteiger partial charge in [-0.25, -0.2) is 8.78 Å². The molecule has 0 unspecified atom stereocenters. The number of ether oxygens (including phenoxy) is 1. The predicted molar refractivity (Wildman–Crippen MR) is 70.1 cm³/mol. The number of benzene rings is 2. The maximum absolute atomic E-state index is 13.5. The van der Waals surface area contributed by atoms with Crippen molar-refractivity contribution in [1.82, 2.24) is 0 Å². The van der Waals surface area contributed by atoms with Gasteiger partial charge in [0.1, 0.15) is 23.1 Å². The van der Waals surface area contributed by atoms with Crippen molar-refractivity contribution >= 4 is 27.5 Å². The van der Waals surface area contributed by atoms with E-state index < -0.39 is 11.6 Å². The van der Waals surface area contributed by atoms with E-state index in [1.807, 2.05) is 0 Å². The molecule has 94 valence electrons. The molecule has 0 N–H and O–H groups in total. The molecule has 2 aromatic carbocycles. The van der Waals surface area contributed by atoms with Crippen molar-refractivity contribution in [3.05, 3.63) is 58.1 Å². The second kappa shape index (κ2) is 5.67. The molecule has 0 fully saturated rings. The van der Waals surface area contributed by atoms with Crippen LogP contribution in [0.15, 0.2) is 40.9 Å². The molecule has 0 saturated heterocycles. The third-order valence-corrected chi connectivity index (χ3v) is 3.00. The zero-order valence-corrected chi connectivity index (χ0v) is 11.4. The number of alkyl halides is 1. The Morgan fingerprint density at radius 2 is 1.94 bits per heavy atom. The molecule has 0 aliphatic heterocycles. The standard InChI is InChI=1S/C13H8BrClF2O/c14-8-4-9(16)6-10(5-8)18-13-3-1-2-12(17)11(13)7-15/h1-6H,7H2. The van der Waals surface area contributed by atoms with Gasteiger partial charge in [-0.1, -0.05) is 22.0 Å². The van der Waals surface area contributed by atoms with Crippen LogP contribution in [-0.2, 0) is 5.88 Å². The van der Waals surface area contributed by atoms with Crippen molar-refractivity contribution in [2.45, 2.75) is 5.88 Å². The highest BCUT2D eigenvalue weighted by atomic mass is 79.9. The predicted octanol–water partition coefficient (Wildman–Crippen LogP) is 5.26. The van der Waals surface area contributed by atoms with Crippen molar-refractivity contribution in [3.8, 4) is 11.5 Å². The van der Waals surface area contributed by atoms with Crippen LogP contribution in [0.25, 0.3) is 0 Å². The van der Waals surface area contributed by atoms with Gasteiger partial charge in [0.15, 0.2) is 0 Å². The fraction of sp³-hybridized carbons (Fsp3) is 0.0769. The zero-order valence-electron chi connectivity index (χ0n) is 9.09. The lowest BCUT2D eigenvalue weighted by Gasteiger charge is -2.10. The molecule has 0 bridgehead atoms. The Hall–Kier alpha value is -1.13. The zero-order chi connectivity index (χ0) is 13.1. The Morgan fingerprint density at radius 3 is 2.61 bits per heavy atom. The Morgan fingerprint density at radius 1 is 1.17 bits per heavy atom. The number of hydrogen-bond donors (Lipinski definition) is 0. The average molecular weight is 334 g/mol. The first-order valence-corrected chi connectivity index (χ1v) is 6.40. The van der Waals surface area contributed by atoms with Crippen LogP contribution < -0.4 is 4.74 Å². The quantitative estimate of drug-likeness (QED) is 0.696. The lowest BCUT2D eigenvalue weighted by Crippen LogP contribution is -1.93. The molecular formula is C13H8BrClF2O. The Kier molecular flexibility index (Phi) is 4.19. The van der Waals surface area contributed by atoms with E-state index in [9.17, 15) is 8.78 Å². The van der Waals surface area contributed by atoms with Crippen LogP contribution in [-0.4, -0.2) is 0 Å². The van der Waals surface area contributed by atoms with Crippen molar-refractivity contribution in [3.63, 3.8) is 0 Å². The van der Waals surface area contributed by atoms with E-state index in [4.69, 9.17) is 16.3 Å². The van der Waals surface area contributed by atoms with Crippen molar-refractivity contribution in [2.24, 2.45) is 0 Å². The summed E-state index contributed by atoms with van der Waals surface area (Å²) in [7, 11) is 0. The molecule has 0 aromatic heterocycles. The van der Waals surface area contributed by atoms with Gasteiger partial charge in [0.05, 0.1) is 5.88 Å². The van der Waals surface area contributed by atoms with Crippen LogP contribution in [0.5, 0.6) is 11.5 Å². The average Bonchev–Trinajstić information content (AvgIpc) is 2.27. The summed E-state index contributed by atoms with van der Waals surface area (Å²) in [6.07, 6.45) is 0. The normalized spacial score (nSPS) is 10.4. The van der Waals surface area contributed by atoms with E-state index in [1.165, 1.54) is 24.3 Å². The molecule has 0 aliphatic carbocycles. The van der Waals surface area contributed by atoms with Crippen LogP contribution in [0.2, 0.25) is 0 Å². The van der Waals surface area contributed by atoms with E-state index in [2.05, 4.69) is 15.9 Å². The highest BCUT2D eigenvalue weighted by molar-refractivity contribution is 9.10. The molecule has 0 heterocycles.